The summed E-state index contributed by atoms with van der Waals surface area (Å²) in [5.41, 5.74) is 2.07. The summed E-state index contributed by atoms with van der Waals surface area (Å²) in [5, 5.41) is 2.84. The molecule has 2 heterocycles. The molecule has 1 N–H and O–H groups in total. The SMILES string of the molecule is CCC(=O)Nc1ccc2c(c1)OC[C@@H](C)N(Cc1cncnc1)C[C@@H](C)[C@@H](OC)CN(C)C2=O. The molecule has 0 spiro atoms. The Morgan fingerprint density at radius 1 is 1.24 bits per heavy atom. The molecule has 0 aliphatic carbocycles. The first-order valence-corrected chi connectivity index (χ1v) is 11.6. The maximum absolute atomic E-state index is 13.3. The summed E-state index contributed by atoms with van der Waals surface area (Å²) in [4.78, 5) is 37.4. The van der Waals surface area contributed by atoms with Crippen molar-refractivity contribution < 1.29 is 19.1 Å². The molecular weight excluding hydrogens is 434 g/mol. The molecule has 1 aromatic carbocycles. The molecule has 0 bridgehead atoms. The fraction of sp³-hybridized carbons (Fsp3) is 0.520. The van der Waals surface area contributed by atoms with E-state index in [0.29, 0.717) is 43.1 Å². The zero-order valence-corrected chi connectivity index (χ0v) is 20.7. The number of aromatic nitrogens is 2. The molecule has 2 aromatic rings. The number of hydrogen-bond donors (Lipinski definition) is 1. The normalized spacial score (nSPS) is 22.2. The molecule has 0 saturated heterocycles. The number of carbonyl (C=O) groups is 2. The minimum absolute atomic E-state index is 0.0363. The summed E-state index contributed by atoms with van der Waals surface area (Å²) in [6, 6.07) is 5.20. The van der Waals surface area contributed by atoms with Crippen molar-refractivity contribution >= 4 is 17.5 Å². The molecule has 2 amide bonds. The van der Waals surface area contributed by atoms with Gasteiger partial charge < -0.3 is 19.7 Å². The number of fused-ring (bicyclic) bond motifs is 1. The zero-order chi connectivity index (χ0) is 24.7. The van der Waals surface area contributed by atoms with Gasteiger partial charge in [0.1, 0.15) is 18.7 Å². The topological polar surface area (TPSA) is 96.9 Å². The summed E-state index contributed by atoms with van der Waals surface area (Å²) in [6.45, 7) is 8.25. The number of ether oxygens (including phenoxy) is 2. The van der Waals surface area contributed by atoms with Gasteiger partial charge in [-0.05, 0) is 25.0 Å². The quantitative estimate of drug-likeness (QED) is 0.719. The molecule has 184 valence electrons. The Hall–Kier alpha value is -3.04. The van der Waals surface area contributed by atoms with Gasteiger partial charge in [0.25, 0.3) is 5.91 Å². The third-order valence-electron chi connectivity index (χ3n) is 6.18. The lowest BCUT2D eigenvalue weighted by Crippen LogP contribution is -2.46. The van der Waals surface area contributed by atoms with Gasteiger partial charge in [0, 0.05) is 76.0 Å². The van der Waals surface area contributed by atoms with Gasteiger partial charge in [-0.25, -0.2) is 9.97 Å². The van der Waals surface area contributed by atoms with E-state index in [1.807, 2.05) is 12.4 Å². The summed E-state index contributed by atoms with van der Waals surface area (Å²) in [5.74, 6) is 0.364. The van der Waals surface area contributed by atoms with Crippen molar-refractivity contribution in [3.8, 4) is 5.75 Å². The average Bonchev–Trinajstić information content (AvgIpc) is 2.84. The maximum Gasteiger partial charge on any atom is 0.257 e. The molecule has 0 unspecified atom stereocenters. The Bertz CT molecular complexity index is 971. The van der Waals surface area contributed by atoms with Gasteiger partial charge in [-0.1, -0.05) is 13.8 Å². The highest BCUT2D eigenvalue weighted by Crippen LogP contribution is 2.27. The van der Waals surface area contributed by atoms with Crippen molar-refractivity contribution in [2.24, 2.45) is 5.92 Å². The summed E-state index contributed by atoms with van der Waals surface area (Å²) in [7, 11) is 3.45. The monoisotopic (exact) mass is 469 g/mol. The van der Waals surface area contributed by atoms with Crippen molar-refractivity contribution in [1.82, 2.24) is 19.8 Å². The highest BCUT2D eigenvalue weighted by molar-refractivity contribution is 5.98. The van der Waals surface area contributed by atoms with Crippen LogP contribution < -0.4 is 10.1 Å². The van der Waals surface area contributed by atoms with Gasteiger partial charge in [0.05, 0.1) is 11.7 Å². The first kappa shape index (κ1) is 25.6. The number of likely N-dealkylation sites (N-methyl/N-ethyl adjacent to an activating group) is 1. The minimum Gasteiger partial charge on any atom is -0.491 e. The fourth-order valence-electron chi connectivity index (χ4n) is 4.04. The van der Waals surface area contributed by atoms with Crippen LogP contribution in [0, 0.1) is 5.92 Å². The first-order valence-electron chi connectivity index (χ1n) is 11.6. The second-order valence-corrected chi connectivity index (χ2v) is 8.89. The number of carbonyl (C=O) groups excluding carboxylic acids is 2. The lowest BCUT2D eigenvalue weighted by Gasteiger charge is -2.36. The smallest absolute Gasteiger partial charge is 0.257 e. The molecule has 0 radical (unpaired) electrons. The molecule has 9 heteroatoms. The van der Waals surface area contributed by atoms with Gasteiger partial charge in [0.15, 0.2) is 0 Å². The predicted molar refractivity (Wildman–Crippen MR) is 130 cm³/mol. The lowest BCUT2D eigenvalue weighted by atomic mass is 10.0. The Kier molecular flexibility index (Phi) is 8.95. The Morgan fingerprint density at radius 3 is 2.65 bits per heavy atom. The van der Waals surface area contributed by atoms with Crippen LogP contribution in [0.15, 0.2) is 36.9 Å². The Labute approximate surface area is 201 Å². The largest absolute Gasteiger partial charge is 0.491 e. The molecular formula is C25H35N5O4. The Balaban J connectivity index is 1.94. The van der Waals surface area contributed by atoms with Gasteiger partial charge in [-0.2, -0.15) is 0 Å². The van der Waals surface area contributed by atoms with Crippen LogP contribution in [0.1, 0.15) is 43.1 Å². The third kappa shape index (κ3) is 6.51. The maximum atomic E-state index is 13.3. The van der Waals surface area contributed by atoms with Crippen molar-refractivity contribution in [2.75, 3.05) is 39.2 Å². The van der Waals surface area contributed by atoms with Crippen molar-refractivity contribution in [1.29, 1.82) is 0 Å². The van der Waals surface area contributed by atoms with Crippen LogP contribution in [0.4, 0.5) is 5.69 Å². The van der Waals surface area contributed by atoms with Crippen LogP contribution in [-0.4, -0.2) is 77.6 Å². The number of benzene rings is 1. The van der Waals surface area contributed by atoms with Crippen molar-refractivity contribution in [3.63, 3.8) is 0 Å². The minimum atomic E-state index is -0.149. The van der Waals surface area contributed by atoms with E-state index in [4.69, 9.17) is 9.47 Å². The summed E-state index contributed by atoms with van der Waals surface area (Å²) in [6.07, 6.45) is 5.39. The van der Waals surface area contributed by atoms with Crippen LogP contribution in [0.25, 0.3) is 0 Å². The van der Waals surface area contributed by atoms with E-state index in [9.17, 15) is 9.59 Å². The van der Waals surface area contributed by atoms with E-state index in [-0.39, 0.29) is 29.9 Å². The molecule has 0 fully saturated rings. The highest BCUT2D eigenvalue weighted by Gasteiger charge is 2.28. The number of methoxy groups -OCH3 is 1. The molecule has 1 aliphatic rings. The number of anilines is 1. The highest BCUT2D eigenvalue weighted by atomic mass is 16.5. The zero-order valence-electron chi connectivity index (χ0n) is 20.7. The van der Waals surface area contributed by atoms with E-state index in [1.54, 1.807) is 44.2 Å². The number of amides is 2. The summed E-state index contributed by atoms with van der Waals surface area (Å²) >= 11 is 0. The van der Waals surface area contributed by atoms with Crippen LogP contribution in [0.2, 0.25) is 0 Å². The number of rotatable bonds is 5. The van der Waals surface area contributed by atoms with Gasteiger partial charge >= 0.3 is 0 Å². The second kappa shape index (κ2) is 11.9. The third-order valence-corrected chi connectivity index (χ3v) is 6.18. The predicted octanol–water partition coefficient (Wildman–Crippen LogP) is 2.83. The van der Waals surface area contributed by atoms with E-state index in [2.05, 4.69) is 34.0 Å². The van der Waals surface area contributed by atoms with E-state index < -0.39 is 0 Å². The summed E-state index contributed by atoms with van der Waals surface area (Å²) < 4.78 is 12.0. The standard InChI is InChI=1S/C25H35N5O4/c1-6-24(31)28-20-7-8-21-22(9-20)34-15-18(3)30(13-19-10-26-16-27-11-19)12-17(2)23(33-5)14-29(4)25(21)32/h7-11,16-18,23H,6,12-15H2,1-5H3,(H,28,31)/t17-,18-,23+/m1/s1. The van der Waals surface area contributed by atoms with Gasteiger partial charge in [0.2, 0.25) is 5.91 Å². The van der Waals surface area contributed by atoms with Crippen LogP contribution >= 0.6 is 0 Å². The fourth-order valence-corrected chi connectivity index (χ4v) is 4.04. The average molecular weight is 470 g/mol. The Morgan fingerprint density at radius 2 is 1.97 bits per heavy atom. The van der Waals surface area contributed by atoms with Crippen molar-refractivity contribution in [3.05, 3.63) is 48.0 Å². The van der Waals surface area contributed by atoms with Crippen LogP contribution in [0.3, 0.4) is 0 Å². The van der Waals surface area contributed by atoms with Crippen molar-refractivity contribution in [2.45, 2.75) is 45.9 Å². The first-order chi connectivity index (χ1) is 16.3. The van der Waals surface area contributed by atoms with E-state index >= 15 is 0 Å². The van der Waals surface area contributed by atoms with Crippen LogP contribution in [0.5, 0.6) is 5.75 Å². The van der Waals surface area contributed by atoms with E-state index in [0.717, 1.165) is 12.1 Å². The second-order valence-electron chi connectivity index (χ2n) is 8.89. The molecule has 9 nitrogen and oxygen atoms in total. The number of nitrogens with zero attached hydrogens (tertiary/aromatic N) is 4. The lowest BCUT2D eigenvalue weighted by molar-refractivity contribution is -0.115. The molecule has 3 rings (SSSR count). The molecule has 3 atom stereocenters. The molecule has 0 saturated carbocycles. The van der Waals surface area contributed by atoms with Gasteiger partial charge in [-0.15, -0.1) is 0 Å². The van der Waals surface area contributed by atoms with E-state index in [1.165, 1.54) is 6.33 Å². The molecule has 34 heavy (non-hydrogen) atoms. The molecule has 1 aliphatic heterocycles. The number of hydrogen-bond acceptors (Lipinski definition) is 7. The van der Waals surface area contributed by atoms with Crippen LogP contribution in [-0.2, 0) is 16.1 Å². The van der Waals surface area contributed by atoms with Gasteiger partial charge in [-0.3, -0.25) is 14.5 Å². The number of nitrogens with one attached hydrogen (secondary N) is 1. The molecule has 1 aromatic heterocycles.